The molecule has 0 bridgehead atoms. The minimum atomic E-state index is -2.24. The molecule has 31 heavy (non-hydrogen) atoms. The molecule has 0 aliphatic rings. The molecule has 1 unspecified atom stereocenters. The van der Waals surface area contributed by atoms with Crippen LogP contribution in [0.5, 0.6) is 0 Å². The maximum atomic E-state index is 9.01. The molecule has 0 aliphatic heterocycles. The van der Waals surface area contributed by atoms with E-state index in [4.69, 9.17) is 43.5 Å². The van der Waals surface area contributed by atoms with Gasteiger partial charge in [-0.2, -0.15) is 0 Å². The van der Waals surface area contributed by atoms with E-state index < -0.39 is 40.3 Å². The van der Waals surface area contributed by atoms with E-state index in [9.17, 15) is 0 Å². The average molecular weight is 714 g/mol. The standard InChI is InChI=1S/C9H12ClNO.2C6H5.2CH3.3ClH.2Sn/c1-11(2)8-5-3-7(4-6-8)9(10)12;2*1-2-4-6-5-3-1;;;;;;;/h3-6,9,12H,1-2H3;2*1-5H;2*1H3;3*1H;;/q;;;;;;;;+1;+2/p-3. The first-order chi connectivity index (χ1) is 14.5. The number of alkyl halides is 1. The molecular weight excluding hydrogens is 685 g/mol. The van der Waals surface area contributed by atoms with Gasteiger partial charge in [0.15, 0.2) is 5.56 Å². The Bertz CT molecular complexity index is 786. The summed E-state index contributed by atoms with van der Waals surface area (Å²) in [4.78, 5) is 5.85. The van der Waals surface area contributed by atoms with Crippen molar-refractivity contribution in [2.24, 2.45) is 0 Å². The van der Waals surface area contributed by atoms with Gasteiger partial charge < -0.3 is 10.0 Å². The van der Waals surface area contributed by atoms with Crippen LogP contribution in [0.1, 0.15) is 11.1 Å². The Morgan fingerprint density at radius 3 is 1.42 bits per heavy atom. The molecule has 1 radical (unpaired) electrons. The molecule has 1 atom stereocenters. The third-order valence-electron chi connectivity index (χ3n) is 3.74. The number of halogens is 4. The van der Waals surface area contributed by atoms with E-state index >= 15 is 0 Å². The summed E-state index contributed by atoms with van der Waals surface area (Å²) in [6, 6.07) is 28.3. The maximum absolute atomic E-state index is 9.01. The van der Waals surface area contributed by atoms with Crippen LogP contribution >= 0.6 is 38.4 Å². The fraction of sp³-hybridized carbons (Fsp3) is 0.217. The SMILES string of the molecule is CN(C)c1ccc(C(O)Cl)cc1.[CH3][Sn]([CH3])([Cl])[Cl].[Cl][Sn]([c]1ccccc1)[c]1ccccc1. The van der Waals surface area contributed by atoms with E-state index in [-0.39, 0.29) is 0 Å². The zero-order valence-electron chi connectivity index (χ0n) is 18.1. The van der Waals surface area contributed by atoms with Crippen molar-refractivity contribution >= 4 is 86.0 Å². The number of aliphatic hydroxyl groups is 1. The number of benzene rings is 3. The van der Waals surface area contributed by atoms with Gasteiger partial charge >= 0.3 is 139 Å². The van der Waals surface area contributed by atoms with Gasteiger partial charge in [-0.15, -0.1) is 0 Å². The van der Waals surface area contributed by atoms with Crippen molar-refractivity contribution in [2.75, 3.05) is 19.0 Å². The summed E-state index contributed by atoms with van der Waals surface area (Å²) in [5.41, 5.74) is 0.916. The molecule has 0 saturated carbocycles. The molecule has 0 heterocycles. The third kappa shape index (κ3) is 13.5. The number of nitrogens with zero attached hydrogens (tertiary/aromatic N) is 1. The number of hydrogen-bond donors (Lipinski definition) is 1. The first-order valence-corrected chi connectivity index (χ1v) is 29.4. The van der Waals surface area contributed by atoms with Crippen molar-refractivity contribution < 1.29 is 5.11 Å². The van der Waals surface area contributed by atoms with Crippen molar-refractivity contribution in [2.45, 2.75) is 15.4 Å². The molecule has 8 heteroatoms. The van der Waals surface area contributed by atoms with Crippen LogP contribution in [-0.4, -0.2) is 54.0 Å². The predicted molar refractivity (Wildman–Crippen MR) is 145 cm³/mol. The Balaban J connectivity index is 0.000000259. The second-order valence-corrected chi connectivity index (χ2v) is 36.8. The van der Waals surface area contributed by atoms with Gasteiger partial charge in [-0.25, -0.2) is 0 Å². The minimum absolute atomic E-state index is 0.724. The first-order valence-electron chi connectivity index (χ1n) is 9.59. The zero-order chi connectivity index (χ0) is 23.4. The summed E-state index contributed by atoms with van der Waals surface area (Å²) >= 11 is 1.21. The Morgan fingerprint density at radius 1 is 0.774 bits per heavy atom. The van der Waals surface area contributed by atoms with E-state index in [1.54, 1.807) is 0 Å². The molecule has 0 aromatic heterocycles. The fourth-order valence-electron chi connectivity index (χ4n) is 2.27. The molecule has 0 aliphatic carbocycles. The summed E-state index contributed by atoms with van der Waals surface area (Å²) in [7, 11) is 21.5. The summed E-state index contributed by atoms with van der Waals surface area (Å²) in [6.07, 6.45) is 0. The van der Waals surface area contributed by atoms with Gasteiger partial charge in [0.1, 0.15) is 0 Å². The zero-order valence-corrected chi connectivity index (χ0v) is 26.8. The van der Waals surface area contributed by atoms with Crippen LogP contribution in [0.25, 0.3) is 0 Å². The molecule has 1 N–H and O–H groups in total. The number of aliphatic hydroxyl groups excluding tert-OH is 1. The molecule has 2 nitrogen and oxygen atoms in total. The number of hydrogen-bond acceptors (Lipinski definition) is 2. The van der Waals surface area contributed by atoms with Gasteiger partial charge in [0.05, 0.1) is 0 Å². The monoisotopic (exact) mass is 714 g/mol. The van der Waals surface area contributed by atoms with Crippen molar-refractivity contribution in [3.05, 3.63) is 90.5 Å². The number of rotatable bonds is 4. The topological polar surface area (TPSA) is 23.5 Å². The molecule has 0 fully saturated rings. The summed E-state index contributed by atoms with van der Waals surface area (Å²) in [6.45, 7) is 0. The molecular formula is C23H28Cl4NOSn2. The molecule has 0 amide bonds. The Hall–Kier alpha value is 0.177. The summed E-state index contributed by atoms with van der Waals surface area (Å²) < 4.78 is 2.67. The van der Waals surface area contributed by atoms with Gasteiger partial charge in [-0.3, -0.25) is 0 Å². The summed E-state index contributed by atoms with van der Waals surface area (Å²) in [5.74, 6) is 0. The second-order valence-electron chi connectivity index (χ2n) is 7.20. The van der Waals surface area contributed by atoms with Crippen molar-refractivity contribution in [1.29, 1.82) is 0 Å². The number of anilines is 1. The van der Waals surface area contributed by atoms with Crippen LogP contribution in [0.4, 0.5) is 5.69 Å². The fourth-order valence-corrected chi connectivity index (χ4v) is 7.82. The average Bonchev–Trinajstić information content (AvgIpc) is 2.74. The van der Waals surface area contributed by atoms with Crippen molar-refractivity contribution in [3.8, 4) is 0 Å². The normalized spacial score (nSPS) is 11.5. The van der Waals surface area contributed by atoms with E-state index in [1.807, 2.05) is 65.3 Å². The van der Waals surface area contributed by atoms with Crippen LogP contribution in [0.2, 0.25) is 9.88 Å². The van der Waals surface area contributed by atoms with Crippen LogP contribution in [0.3, 0.4) is 0 Å². The van der Waals surface area contributed by atoms with Gasteiger partial charge in [0.2, 0.25) is 0 Å². The van der Waals surface area contributed by atoms with Crippen LogP contribution in [-0.2, 0) is 0 Å². The summed E-state index contributed by atoms with van der Waals surface area (Å²) in [5, 5.41) is 9.01. The van der Waals surface area contributed by atoms with E-state index in [0.29, 0.717) is 0 Å². The van der Waals surface area contributed by atoms with Crippen LogP contribution < -0.4 is 12.1 Å². The Labute approximate surface area is 213 Å². The molecule has 3 aromatic rings. The van der Waals surface area contributed by atoms with Crippen molar-refractivity contribution in [1.82, 2.24) is 0 Å². The van der Waals surface area contributed by atoms with Gasteiger partial charge in [-0.05, 0) is 17.7 Å². The van der Waals surface area contributed by atoms with Crippen LogP contribution in [0, 0.1) is 0 Å². The second kappa shape index (κ2) is 15.2. The molecule has 3 rings (SSSR count). The van der Waals surface area contributed by atoms with E-state index in [2.05, 4.69) is 48.5 Å². The van der Waals surface area contributed by atoms with Gasteiger partial charge in [0, 0.05) is 19.8 Å². The van der Waals surface area contributed by atoms with E-state index in [1.165, 1.54) is 7.16 Å². The molecule has 0 spiro atoms. The van der Waals surface area contributed by atoms with Crippen LogP contribution in [0.15, 0.2) is 84.9 Å². The van der Waals surface area contributed by atoms with Gasteiger partial charge in [0.25, 0.3) is 0 Å². The quantitative estimate of drug-likeness (QED) is 0.258. The predicted octanol–water partition coefficient (Wildman–Crippen LogP) is 6.18. The molecule has 167 valence electrons. The molecule has 3 aromatic carbocycles. The first kappa shape index (κ1) is 29.2. The molecule has 0 saturated heterocycles. The third-order valence-corrected chi connectivity index (χ3v) is 11.7. The van der Waals surface area contributed by atoms with Gasteiger partial charge in [-0.1, -0.05) is 23.7 Å². The Morgan fingerprint density at radius 2 is 1.13 bits per heavy atom. The van der Waals surface area contributed by atoms with Crippen molar-refractivity contribution in [3.63, 3.8) is 0 Å². The Kier molecular flexibility index (Phi) is 14.3. The van der Waals surface area contributed by atoms with E-state index in [0.717, 1.165) is 11.3 Å².